The van der Waals surface area contributed by atoms with Crippen LogP contribution < -0.4 is 10.1 Å². The Morgan fingerprint density at radius 2 is 1.40 bits per heavy atom. The highest BCUT2D eigenvalue weighted by Crippen LogP contribution is 2.36. The minimum Gasteiger partial charge on any atom is -0.488 e. The van der Waals surface area contributed by atoms with Gasteiger partial charge in [0.25, 0.3) is 0 Å². The fourth-order valence-corrected chi connectivity index (χ4v) is 4.07. The van der Waals surface area contributed by atoms with Crippen molar-refractivity contribution in [3.63, 3.8) is 0 Å². The first-order valence-electron chi connectivity index (χ1n) is 10.7. The summed E-state index contributed by atoms with van der Waals surface area (Å²) in [5.74, 6) is 1.11. The van der Waals surface area contributed by atoms with E-state index in [-0.39, 0.29) is 6.10 Å². The van der Waals surface area contributed by atoms with Gasteiger partial charge in [-0.1, -0.05) is 78.9 Å². The number of aliphatic hydroxyl groups excluding tert-OH is 1. The fourth-order valence-electron chi connectivity index (χ4n) is 4.07. The van der Waals surface area contributed by atoms with Gasteiger partial charge < -0.3 is 15.2 Å². The molecule has 3 heteroatoms. The summed E-state index contributed by atoms with van der Waals surface area (Å²) in [4.78, 5) is 0. The highest BCUT2D eigenvalue weighted by Gasteiger charge is 2.21. The molecule has 4 rings (SSSR count). The second-order valence-electron chi connectivity index (χ2n) is 7.84. The van der Waals surface area contributed by atoms with Crippen molar-refractivity contribution in [3.05, 3.63) is 101 Å². The molecule has 0 fully saturated rings. The summed E-state index contributed by atoms with van der Waals surface area (Å²) in [5, 5.41) is 13.9. The Labute approximate surface area is 179 Å². The summed E-state index contributed by atoms with van der Waals surface area (Å²) in [5.41, 5.74) is 5.29. The van der Waals surface area contributed by atoms with Crippen molar-refractivity contribution in [3.8, 4) is 5.75 Å². The van der Waals surface area contributed by atoms with Gasteiger partial charge in [-0.25, -0.2) is 0 Å². The molecule has 1 aliphatic rings. The van der Waals surface area contributed by atoms with E-state index in [4.69, 9.17) is 4.74 Å². The molecule has 0 aromatic heterocycles. The highest BCUT2D eigenvalue weighted by atomic mass is 16.5. The van der Waals surface area contributed by atoms with E-state index in [1.165, 1.54) is 22.3 Å². The number of benzene rings is 3. The molecule has 1 aliphatic carbocycles. The summed E-state index contributed by atoms with van der Waals surface area (Å²) in [6.07, 6.45) is 4.56. The molecule has 0 radical (unpaired) electrons. The molecule has 2 N–H and O–H groups in total. The van der Waals surface area contributed by atoms with Crippen LogP contribution in [-0.2, 0) is 0 Å². The van der Waals surface area contributed by atoms with Crippen molar-refractivity contribution < 1.29 is 9.84 Å². The van der Waals surface area contributed by atoms with Gasteiger partial charge in [-0.05, 0) is 54.3 Å². The minimum absolute atomic E-state index is 0.275. The van der Waals surface area contributed by atoms with Gasteiger partial charge in [0, 0.05) is 12.5 Å². The van der Waals surface area contributed by atoms with Gasteiger partial charge >= 0.3 is 0 Å². The van der Waals surface area contributed by atoms with Gasteiger partial charge in [-0.3, -0.25) is 0 Å². The Balaban J connectivity index is 1.36. The predicted octanol–water partition coefficient (Wildman–Crippen LogP) is 5.11. The lowest BCUT2D eigenvalue weighted by molar-refractivity contribution is 0.0477. The zero-order valence-corrected chi connectivity index (χ0v) is 17.4. The van der Waals surface area contributed by atoms with Gasteiger partial charge in [0.05, 0.1) is 0 Å². The van der Waals surface area contributed by atoms with Crippen molar-refractivity contribution in [1.82, 2.24) is 5.32 Å². The van der Waals surface area contributed by atoms with Gasteiger partial charge in [0.1, 0.15) is 18.0 Å². The zero-order valence-electron chi connectivity index (χ0n) is 17.4. The molecular weight excluding hydrogens is 370 g/mol. The van der Waals surface area contributed by atoms with E-state index >= 15 is 0 Å². The third-order valence-corrected chi connectivity index (χ3v) is 5.76. The fraction of sp³-hybridized carbons (Fsp3) is 0.259. The van der Waals surface area contributed by atoms with Crippen molar-refractivity contribution in [2.24, 2.45) is 0 Å². The normalized spacial score (nSPS) is 15.0. The molecule has 0 bridgehead atoms. The van der Waals surface area contributed by atoms with E-state index < -0.39 is 6.10 Å². The Morgan fingerprint density at radius 1 is 0.833 bits per heavy atom. The first-order chi connectivity index (χ1) is 14.7. The first-order valence-corrected chi connectivity index (χ1v) is 10.7. The summed E-state index contributed by atoms with van der Waals surface area (Å²) in [6, 6.07) is 26.9. The number of rotatable bonds is 8. The first kappa shape index (κ1) is 20.4. The molecule has 3 aromatic rings. The summed E-state index contributed by atoms with van der Waals surface area (Å²) in [7, 11) is 0. The smallest absolute Gasteiger partial charge is 0.123 e. The van der Waals surface area contributed by atoms with E-state index in [1.54, 1.807) is 0 Å². The van der Waals surface area contributed by atoms with Crippen LogP contribution >= 0.6 is 0 Å². The molecule has 2 atom stereocenters. The maximum Gasteiger partial charge on any atom is 0.123 e. The molecule has 3 aromatic carbocycles. The van der Waals surface area contributed by atoms with Crippen LogP contribution in [-0.4, -0.2) is 30.4 Å². The standard InChI is InChI=1S/C27H29NO2/c1-20(30-23-11-3-2-4-12-23)27(29)19-28-18-17-26-24-13-7-5-9-21(24)15-16-22-10-6-8-14-25(22)26/h2-16,20,26-29H,17-19H2,1H3. The third kappa shape index (κ3) is 4.81. The molecule has 154 valence electrons. The Hall–Kier alpha value is -2.88. The van der Waals surface area contributed by atoms with Crippen LogP contribution in [0.15, 0.2) is 78.9 Å². The lowest BCUT2D eigenvalue weighted by Crippen LogP contribution is -2.38. The SMILES string of the molecule is CC(Oc1ccccc1)C(O)CNCCC1c2ccccc2C=Cc2ccccc21. The van der Waals surface area contributed by atoms with Crippen LogP contribution in [0.25, 0.3) is 12.2 Å². The summed E-state index contributed by atoms with van der Waals surface area (Å²) in [6.45, 7) is 3.23. The van der Waals surface area contributed by atoms with Crippen molar-refractivity contribution in [2.45, 2.75) is 31.5 Å². The van der Waals surface area contributed by atoms with Crippen LogP contribution in [0, 0.1) is 0 Å². The van der Waals surface area contributed by atoms with E-state index in [9.17, 15) is 5.11 Å². The van der Waals surface area contributed by atoms with Gasteiger partial charge in [0.2, 0.25) is 0 Å². The van der Waals surface area contributed by atoms with Crippen LogP contribution in [0.3, 0.4) is 0 Å². The highest BCUT2D eigenvalue weighted by molar-refractivity contribution is 5.76. The lowest BCUT2D eigenvalue weighted by atomic mass is 9.85. The molecule has 3 nitrogen and oxygen atoms in total. The van der Waals surface area contributed by atoms with Crippen molar-refractivity contribution in [2.75, 3.05) is 13.1 Å². The van der Waals surface area contributed by atoms with E-state index in [0.717, 1.165) is 18.7 Å². The quantitative estimate of drug-likeness (QED) is 0.517. The molecule has 2 unspecified atom stereocenters. The number of hydrogen-bond acceptors (Lipinski definition) is 3. The van der Waals surface area contributed by atoms with E-state index in [1.807, 2.05) is 37.3 Å². The number of fused-ring (bicyclic) bond motifs is 2. The topological polar surface area (TPSA) is 41.5 Å². The number of nitrogens with one attached hydrogen (secondary N) is 1. The molecule has 0 aliphatic heterocycles. The zero-order chi connectivity index (χ0) is 20.8. The number of aliphatic hydroxyl groups is 1. The Kier molecular flexibility index (Phi) is 6.63. The third-order valence-electron chi connectivity index (χ3n) is 5.76. The average Bonchev–Trinajstić information content (AvgIpc) is 2.94. The number of ether oxygens (including phenoxy) is 1. The Bertz CT molecular complexity index is 933. The number of hydrogen-bond donors (Lipinski definition) is 2. The second kappa shape index (κ2) is 9.75. The van der Waals surface area contributed by atoms with Crippen molar-refractivity contribution in [1.29, 1.82) is 0 Å². The Morgan fingerprint density at radius 3 is 2.03 bits per heavy atom. The van der Waals surface area contributed by atoms with Crippen LogP contribution in [0.2, 0.25) is 0 Å². The van der Waals surface area contributed by atoms with Crippen molar-refractivity contribution >= 4 is 12.2 Å². The van der Waals surface area contributed by atoms with Gasteiger partial charge in [-0.15, -0.1) is 0 Å². The minimum atomic E-state index is -0.569. The average molecular weight is 400 g/mol. The number of para-hydroxylation sites is 1. The van der Waals surface area contributed by atoms with Crippen LogP contribution in [0.1, 0.15) is 41.5 Å². The van der Waals surface area contributed by atoms with Crippen LogP contribution in [0.5, 0.6) is 5.75 Å². The molecular formula is C27H29NO2. The maximum atomic E-state index is 10.5. The molecule has 0 spiro atoms. The predicted molar refractivity (Wildman–Crippen MR) is 124 cm³/mol. The van der Waals surface area contributed by atoms with E-state index in [2.05, 4.69) is 66.0 Å². The second-order valence-corrected chi connectivity index (χ2v) is 7.84. The molecule has 30 heavy (non-hydrogen) atoms. The summed E-state index contributed by atoms with van der Waals surface area (Å²) < 4.78 is 5.83. The van der Waals surface area contributed by atoms with Crippen LogP contribution in [0.4, 0.5) is 0 Å². The lowest BCUT2D eigenvalue weighted by Gasteiger charge is -2.23. The molecule has 0 saturated heterocycles. The van der Waals surface area contributed by atoms with E-state index in [0.29, 0.717) is 12.5 Å². The molecule has 0 heterocycles. The monoisotopic (exact) mass is 399 g/mol. The van der Waals surface area contributed by atoms with Gasteiger partial charge in [0.15, 0.2) is 0 Å². The van der Waals surface area contributed by atoms with Gasteiger partial charge in [-0.2, -0.15) is 0 Å². The molecule has 0 amide bonds. The molecule has 0 saturated carbocycles. The summed E-state index contributed by atoms with van der Waals surface area (Å²) >= 11 is 0. The largest absolute Gasteiger partial charge is 0.488 e. The maximum absolute atomic E-state index is 10.5.